The van der Waals surface area contributed by atoms with Crippen LogP contribution in [0.3, 0.4) is 0 Å². The van der Waals surface area contributed by atoms with Crippen molar-refractivity contribution in [2.75, 3.05) is 0 Å². The minimum atomic E-state index is -0.450. The minimum Gasteiger partial charge on any atom is -0.296 e. The Labute approximate surface area is 57.2 Å². The van der Waals surface area contributed by atoms with Gasteiger partial charge in [-0.15, -0.1) is 0 Å². The van der Waals surface area contributed by atoms with Crippen LogP contribution in [0.1, 0.15) is 25.1 Å². The number of H-pyrrole nitrogens is 1. The van der Waals surface area contributed by atoms with Crippen LogP contribution in [0, 0.1) is 5.92 Å². The fourth-order valence-electron chi connectivity index (χ4n) is 1.10. The molecule has 4 nitrogen and oxygen atoms in total. The third kappa shape index (κ3) is 0.761. The van der Waals surface area contributed by atoms with E-state index in [1.54, 1.807) is 0 Å². The van der Waals surface area contributed by atoms with Gasteiger partial charge in [0.15, 0.2) is 5.82 Å². The molecule has 1 fully saturated rings. The van der Waals surface area contributed by atoms with Crippen molar-refractivity contribution in [2.24, 2.45) is 5.92 Å². The van der Waals surface area contributed by atoms with Crippen LogP contribution in [-0.4, -0.2) is 10.1 Å². The maximum atomic E-state index is 10.4. The van der Waals surface area contributed by atoms with Gasteiger partial charge in [-0.2, -0.15) is 0 Å². The second-order valence-corrected chi connectivity index (χ2v) is 2.80. The smallest absolute Gasteiger partial charge is 0.296 e. The first-order chi connectivity index (χ1) is 4.77. The lowest BCUT2D eigenvalue weighted by atomic mass is 10.3. The quantitative estimate of drug-likeness (QED) is 0.617. The normalized spacial score (nSPS) is 30.5. The van der Waals surface area contributed by atoms with Gasteiger partial charge in [0.05, 0.1) is 0 Å². The molecule has 1 aromatic heterocycles. The van der Waals surface area contributed by atoms with Crippen molar-refractivity contribution in [1.29, 1.82) is 0 Å². The molecule has 54 valence electrons. The standard InChI is InChI=1S/C6H8N2O2/c1-3-2-4(3)5-7-6(9)10-8-5/h3-4H,2H2,1H3,(H,7,8,9)/t3-,4+/m0/s1. The van der Waals surface area contributed by atoms with Crippen molar-refractivity contribution in [3.63, 3.8) is 0 Å². The molecule has 0 saturated heterocycles. The van der Waals surface area contributed by atoms with Gasteiger partial charge in [-0.25, -0.2) is 4.79 Å². The molecule has 2 rings (SSSR count). The Morgan fingerprint density at radius 3 is 2.90 bits per heavy atom. The summed E-state index contributed by atoms with van der Waals surface area (Å²) < 4.78 is 4.35. The summed E-state index contributed by atoms with van der Waals surface area (Å²) in [4.78, 5) is 13.0. The first-order valence-electron chi connectivity index (χ1n) is 3.33. The van der Waals surface area contributed by atoms with E-state index in [2.05, 4.69) is 21.6 Å². The van der Waals surface area contributed by atoms with Crippen molar-refractivity contribution >= 4 is 0 Å². The van der Waals surface area contributed by atoms with Gasteiger partial charge in [0.1, 0.15) is 0 Å². The van der Waals surface area contributed by atoms with Crippen LogP contribution < -0.4 is 5.76 Å². The fraction of sp³-hybridized carbons (Fsp3) is 0.667. The number of aromatic nitrogens is 2. The third-order valence-electron chi connectivity index (χ3n) is 1.92. The predicted molar refractivity (Wildman–Crippen MR) is 33.6 cm³/mol. The average molecular weight is 140 g/mol. The van der Waals surface area contributed by atoms with Crippen LogP contribution >= 0.6 is 0 Å². The topological polar surface area (TPSA) is 58.9 Å². The van der Waals surface area contributed by atoms with E-state index in [1.807, 2.05) is 0 Å². The highest BCUT2D eigenvalue weighted by molar-refractivity contribution is 5.05. The van der Waals surface area contributed by atoms with Crippen LogP contribution in [0.25, 0.3) is 0 Å². The Bertz CT molecular complexity index is 288. The zero-order valence-corrected chi connectivity index (χ0v) is 5.63. The van der Waals surface area contributed by atoms with E-state index in [-0.39, 0.29) is 0 Å². The second-order valence-electron chi connectivity index (χ2n) is 2.80. The number of rotatable bonds is 1. The number of hydrogen-bond acceptors (Lipinski definition) is 3. The average Bonchev–Trinajstić information content (AvgIpc) is 2.42. The molecule has 0 amide bonds. The van der Waals surface area contributed by atoms with Gasteiger partial charge in [-0.3, -0.25) is 9.51 Å². The SMILES string of the molecule is C[C@H]1C[C@H]1c1noc(=O)[nH]1. The van der Waals surface area contributed by atoms with Crippen molar-refractivity contribution < 1.29 is 4.52 Å². The summed E-state index contributed by atoms with van der Waals surface area (Å²) in [6, 6.07) is 0. The molecule has 1 saturated carbocycles. The van der Waals surface area contributed by atoms with E-state index < -0.39 is 5.76 Å². The molecule has 1 aliphatic carbocycles. The Hall–Kier alpha value is -1.06. The van der Waals surface area contributed by atoms with E-state index in [4.69, 9.17) is 0 Å². The molecule has 10 heavy (non-hydrogen) atoms. The van der Waals surface area contributed by atoms with E-state index >= 15 is 0 Å². The Kier molecular flexibility index (Phi) is 0.977. The number of aromatic amines is 1. The summed E-state index contributed by atoms with van der Waals surface area (Å²) in [5.41, 5.74) is 0. The van der Waals surface area contributed by atoms with Crippen molar-refractivity contribution in [2.45, 2.75) is 19.3 Å². The van der Waals surface area contributed by atoms with E-state index in [9.17, 15) is 4.79 Å². The lowest BCUT2D eigenvalue weighted by molar-refractivity contribution is 0.381. The molecule has 1 aliphatic rings. The van der Waals surface area contributed by atoms with Gasteiger partial charge < -0.3 is 0 Å². The van der Waals surface area contributed by atoms with Gasteiger partial charge >= 0.3 is 5.76 Å². The molecular formula is C6H8N2O2. The first-order valence-corrected chi connectivity index (χ1v) is 3.33. The van der Waals surface area contributed by atoms with Gasteiger partial charge in [0.25, 0.3) is 0 Å². The zero-order valence-electron chi connectivity index (χ0n) is 5.63. The molecule has 4 heteroatoms. The lowest BCUT2D eigenvalue weighted by Gasteiger charge is -1.82. The van der Waals surface area contributed by atoms with Gasteiger partial charge in [-0.05, 0) is 12.3 Å². The van der Waals surface area contributed by atoms with E-state index in [0.717, 1.165) is 6.42 Å². The van der Waals surface area contributed by atoms with Crippen LogP contribution in [0.5, 0.6) is 0 Å². The highest BCUT2D eigenvalue weighted by Crippen LogP contribution is 2.44. The molecule has 1 N–H and O–H groups in total. The summed E-state index contributed by atoms with van der Waals surface area (Å²) >= 11 is 0. The molecular weight excluding hydrogens is 132 g/mol. The van der Waals surface area contributed by atoms with Gasteiger partial charge in [-0.1, -0.05) is 12.1 Å². The number of hydrogen-bond donors (Lipinski definition) is 1. The zero-order chi connectivity index (χ0) is 7.14. The van der Waals surface area contributed by atoms with E-state index in [0.29, 0.717) is 17.7 Å². The second kappa shape index (κ2) is 1.71. The number of nitrogens with one attached hydrogen (secondary N) is 1. The van der Waals surface area contributed by atoms with Crippen molar-refractivity contribution in [1.82, 2.24) is 10.1 Å². The van der Waals surface area contributed by atoms with Gasteiger partial charge in [0, 0.05) is 5.92 Å². The van der Waals surface area contributed by atoms with Crippen LogP contribution in [0.4, 0.5) is 0 Å². The fourth-order valence-corrected chi connectivity index (χ4v) is 1.10. The molecule has 0 bridgehead atoms. The maximum absolute atomic E-state index is 10.4. The summed E-state index contributed by atoms with van der Waals surface area (Å²) in [5, 5.41) is 3.59. The van der Waals surface area contributed by atoms with Crippen LogP contribution in [0.15, 0.2) is 9.32 Å². The minimum absolute atomic E-state index is 0.437. The summed E-state index contributed by atoms with van der Waals surface area (Å²) in [6.45, 7) is 2.12. The predicted octanol–water partition coefficient (Wildman–Crippen LogP) is 0.486. The lowest BCUT2D eigenvalue weighted by Crippen LogP contribution is -1.96. The molecule has 1 aromatic rings. The highest BCUT2D eigenvalue weighted by Gasteiger charge is 2.37. The molecule has 0 unspecified atom stereocenters. The third-order valence-corrected chi connectivity index (χ3v) is 1.92. The molecule has 2 atom stereocenters. The molecule has 0 aromatic carbocycles. The largest absolute Gasteiger partial charge is 0.438 e. The monoisotopic (exact) mass is 140 g/mol. The Balaban J connectivity index is 2.27. The molecule has 0 radical (unpaired) electrons. The Morgan fingerprint density at radius 2 is 2.50 bits per heavy atom. The molecule has 1 heterocycles. The summed E-state index contributed by atoms with van der Waals surface area (Å²) in [7, 11) is 0. The Morgan fingerprint density at radius 1 is 1.80 bits per heavy atom. The van der Waals surface area contributed by atoms with Crippen LogP contribution in [0.2, 0.25) is 0 Å². The molecule has 0 aliphatic heterocycles. The maximum Gasteiger partial charge on any atom is 0.438 e. The van der Waals surface area contributed by atoms with E-state index in [1.165, 1.54) is 0 Å². The van der Waals surface area contributed by atoms with Crippen LogP contribution in [-0.2, 0) is 0 Å². The summed E-state index contributed by atoms with van der Waals surface area (Å²) in [6.07, 6.45) is 1.11. The summed E-state index contributed by atoms with van der Waals surface area (Å²) in [5.74, 6) is 1.35. The number of nitrogens with zero attached hydrogens (tertiary/aromatic N) is 1. The first kappa shape index (κ1) is 5.70. The van der Waals surface area contributed by atoms with Crippen molar-refractivity contribution in [3.8, 4) is 0 Å². The van der Waals surface area contributed by atoms with Gasteiger partial charge in [0.2, 0.25) is 0 Å². The highest BCUT2D eigenvalue weighted by atomic mass is 16.5. The van der Waals surface area contributed by atoms with Crippen molar-refractivity contribution in [3.05, 3.63) is 16.4 Å². The molecule has 0 spiro atoms.